The number of nitrogens with zero attached hydrogens (tertiary/aromatic N) is 3. The molecule has 0 bridgehead atoms. The van der Waals surface area contributed by atoms with Gasteiger partial charge in [-0.1, -0.05) is 5.16 Å². The molecule has 0 saturated carbocycles. The Kier molecular flexibility index (Phi) is 3.55. The molecule has 2 rings (SSSR count). The molecule has 1 N–H and O–H groups in total. The van der Waals surface area contributed by atoms with Gasteiger partial charge in [-0.05, 0) is 13.8 Å². The standard InChI is InChI=1S/C12H14N4O4/c1-6-5-8(15-20-6)11(17)13-9-7(2)14-16(3)10(9)12(18)19-4/h5H,1-4H3,(H,13,17). The summed E-state index contributed by atoms with van der Waals surface area (Å²) in [6, 6.07) is 1.50. The molecule has 0 fully saturated rings. The van der Waals surface area contributed by atoms with Gasteiger partial charge in [0.1, 0.15) is 5.76 Å². The van der Waals surface area contributed by atoms with Gasteiger partial charge in [0.25, 0.3) is 5.91 Å². The predicted octanol–water partition coefficient (Wildman–Crippen LogP) is 1.06. The van der Waals surface area contributed by atoms with E-state index in [1.54, 1.807) is 20.9 Å². The van der Waals surface area contributed by atoms with Crippen molar-refractivity contribution >= 4 is 17.6 Å². The summed E-state index contributed by atoms with van der Waals surface area (Å²) in [5, 5.41) is 10.3. The summed E-state index contributed by atoms with van der Waals surface area (Å²) >= 11 is 0. The van der Waals surface area contributed by atoms with Gasteiger partial charge < -0.3 is 14.6 Å². The van der Waals surface area contributed by atoms with Crippen LogP contribution >= 0.6 is 0 Å². The lowest BCUT2D eigenvalue weighted by Gasteiger charge is -2.05. The van der Waals surface area contributed by atoms with Crippen molar-refractivity contribution in [3.05, 3.63) is 28.9 Å². The van der Waals surface area contributed by atoms with Crippen LogP contribution in [-0.2, 0) is 11.8 Å². The number of aryl methyl sites for hydroxylation is 3. The molecule has 0 spiro atoms. The lowest BCUT2D eigenvalue weighted by molar-refractivity contribution is 0.0589. The first kappa shape index (κ1) is 13.8. The van der Waals surface area contributed by atoms with Crippen molar-refractivity contribution in [2.75, 3.05) is 12.4 Å². The fraction of sp³-hybridized carbons (Fsp3) is 0.333. The number of esters is 1. The van der Waals surface area contributed by atoms with E-state index in [0.29, 0.717) is 17.1 Å². The summed E-state index contributed by atoms with van der Waals surface area (Å²) in [4.78, 5) is 23.8. The van der Waals surface area contributed by atoms with E-state index < -0.39 is 11.9 Å². The van der Waals surface area contributed by atoms with Crippen LogP contribution in [-0.4, -0.2) is 33.9 Å². The number of carbonyl (C=O) groups is 2. The second-order valence-electron chi connectivity index (χ2n) is 4.20. The molecular formula is C12H14N4O4. The van der Waals surface area contributed by atoms with Crippen LogP contribution in [0, 0.1) is 13.8 Å². The minimum atomic E-state index is -0.584. The number of nitrogens with one attached hydrogen (secondary N) is 1. The van der Waals surface area contributed by atoms with Crippen molar-refractivity contribution in [3.8, 4) is 0 Å². The van der Waals surface area contributed by atoms with E-state index in [9.17, 15) is 9.59 Å². The molecule has 1 amide bonds. The Hall–Kier alpha value is -2.64. The van der Waals surface area contributed by atoms with Gasteiger partial charge in [0, 0.05) is 13.1 Å². The normalized spacial score (nSPS) is 10.4. The summed E-state index contributed by atoms with van der Waals surface area (Å²) in [5.74, 6) is -0.547. The van der Waals surface area contributed by atoms with Gasteiger partial charge in [0.2, 0.25) is 0 Å². The first-order chi connectivity index (χ1) is 9.43. The molecule has 2 aromatic heterocycles. The van der Waals surface area contributed by atoms with Crippen LogP contribution in [0.5, 0.6) is 0 Å². The fourth-order valence-electron chi connectivity index (χ4n) is 1.79. The maximum absolute atomic E-state index is 12.0. The molecular weight excluding hydrogens is 264 g/mol. The predicted molar refractivity (Wildman–Crippen MR) is 68.5 cm³/mol. The summed E-state index contributed by atoms with van der Waals surface area (Å²) in [5.41, 5.74) is 1.09. The first-order valence-electron chi connectivity index (χ1n) is 5.80. The third kappa shape index (κ3) is 2.40. The van der Waals surface area contributed by atoms with Crippen molar-refractivity contribution in [2.45, 2.75) is 13.8 Å². The molecule has 0 aromatic carbocycles. The Morgan fingerprint density at radius 1 is 1.40 bits per heavy atom. The molecule has 2 aromatic rings. The van der Waals surface area contributed by atoms with E-state index in [1.165, 1.54) is 17.9 Å². The Morgan fingerprint density at radius 3 is 2.65 bits per heavy atom. The van der Waals surface area contributed by atoms with E-state index in [2.05, 4.69) is 20.3 Å². The molecule has 8 nitrogen and oxygen atoms in total. The number of hydrogen-bond donors (Lipinski definition) is 1. The molecule has 0 unspecified atom stereocenters. The van der Waals surface area contributed by atoms with Crippen molar-refractivity contribution in [3.63, 3.8) is 0 Å². The minimum Gasteiger partial charge on any atom is -0.464 e. The smallest absolute Gasteiger partial charge is 0.358 e. The summed E-state index contributed by atoms with van der Waals surface area (Å²) in [6.45, 7) is 3.36. The number of methoxy groups -OCH3 is 1. The third-order valence-corrected chi connectivity index (χ3v) is 2.70. The highest BCUT2D eigenvalue weighted by molar-refractivity contribution is 6.07. The zero-order chi connectivity index (χ0) is 14.9. The van der Waals surface area contributed by atoms with Gasteiger partial charge in [-0.25, -0.2) is 4.79 Å². The minimum absolute atomic E-state index is 0.126. The number of amides is 1. The van der Waals surface area contributed by atoms with E-state index >= 15 is 0 Å². The quantitative estimate of drug-likeness (QED) is 0.843. The second-order valence-corrected chi connectivity index (χ2v) is 4.20. The number of hydrogen-bond acceptors (Lipinski definition) is 6. The van der Waals surface area contributed by atoms with Gasteiger partial charge >= 0.3 is 5.97 Å². The molecule has 0 aliphatic heterocycles. The monoisotopic (exact) mass is 278 g/mol. The van der Waals surface area contributed by atoms with E-state index in [0.717, 1.165) is 0 Å². The Bertz CT molecular complexity index is 671. The number of anilines is 1. The van der Waals surface area contributed by atoms with Gasteiger partial charge in [-0.2, -0.15) is 5.10 Å². The van der Waals surface area contributed by atoms with Crippen LogP contribution in [0.15, 0.2) is 10.6 Å². The maximum atomic E-state index is 12.0. The van der Waals surface area contributed by atoms with E-state index in [-0.39, 0.29) is 11.4 Å². The molecule has 0 atom stereocenters. The second kappa shape index (κ2) is 5.16. The van der Waals surface area contributed by atoms with Crippen LogP contribution in [0.4, 0.5) is 5.69 Å². The van der Waals surface area contributed by atoms with Crippen molar-refractivity contribution in [1.29, 1.82) is 0 Å². The third-order valence-electron chi connectivity index (χ3n) is 2.70. The van der Waals surface area contributed by atoms with Crippen LogP contribution in [0.2, 0.25) is 0 Å². The molecule has 0 aliphatic rings. The van der Waals surface area contributed by atoms with Crippen molar-refractivity contribution in [1.82, 2.24) is 14.9 Å². The molecule has 0 radical (unpaired) electrons. The van der Waals surface area contributed by atoms with Crippen LogP contribution < -0.4 is 5.32 Å². The lowest BCUT2D eigenvalue weighted by Crippen LogP contribution is -2.17. The number of carbonyl (C=O) groups excluding carboxylic acids is 2. The fourth-order valence-corrected chi connectivity index (χ4v) is 1.79. The van der Waals surface area contributed by atoms with Gasteiger partial charge in [0.05, 0.1) is 18.5 Å². The van der Waals surface area contributed by atoms with E-state index in [1.807, 2.05) is 0 Å². The lowest BCUT2D eigenvalue weighted by atomic mass is 10.2. The maximum Gasteiger partial charge on any atom is 0.358 e. The van der Waals surface area contributed by atoms with Crippen molar-refractivity contribution < 1.29 is 18.8 Å². The SMILES string of the molecule is COC(=O)c1c(NC(=O)c2cc(C)on2)c(C)nn1C. The first-order valence-corrected chi connectivity index (χ1v) is 5.80. The Morgan fingerprint density at radius 2 is 2.10 bits per heavy atom. The summed E-state index contributed by atoms with van der Waals surface area (Å²) < 4.78 is 10.9. The van der Waals surface area contributed by atoms with Crippen LogP contribution in [0.25, 0.3) is 0 Å². The zero-order valence-electron chi connectivity index (χ0n) is 11.6. The highest BCUT2D eigenvalue weighted by Gasteiger charge is 2.23. The van der Waals surface area contributed by atoms with Crippen LogP contribution in [0.1, 0.15) is 32.4 Å². The number of ether oxygens (including phenoxy) is 1. The van der Waals surface area contributed by atoms with Gasteiger partial charge in [-0.3, -0.25) is 9.48 Å². The largest absolute Gasteiger partial charge is 0.464 e. The van der Waals surface area contributed by atoms with Crippen LogP contribution in [0.3, 0.4) is 0 Å². The summed E-state index contributed by atoms with van der Waals surface area (Å²) in [6.07, 6.45) is 0. The highest BCUT2D eigenvalue weighted by Crippen LogP contribution is 2.21. The number of aromatic nitrogens is 3. The molecule has 20 heavy (non-hydrogen) atoms. The molecule has 0 saturated heterocycles. The highest BCUT2D eigenvalue weighted by atomic mass is 16.5. The van der Waals surface area contributed by atoms with Gasteiger partial charge in [-0.15, -0.1) is 0 Å². The average Bonchev–Trinajstić information content (AvgIpc) is 2.94. The molecule has 8 heteroatoms. The van der Waals surface area contributed by atoms with Crippen molar-refractivity contribution in [2.24, 2.45) is 7.05 Å². The van der Waals surface area contributed by atoms with Gasteiger partial charge in [0.15, 0.2) is 11.4 Å². The zero-order valence-corrected chi connectivity index (χ0v) is 11.6. The molecule has 106 valence electrons. The average molecular weight is 278 g/mol. The number of rotatable bonds is 3. The molecule has 0 aliphatic carbocycles. The molecule has 2 heterocycles. The Balaban J connectivity index is 2.34. The topological polar surface area (TPSA) is 99.2 Å². The summed E-state index contributed by atoms with van der Waals surface area (Å²) in [7, 11) is 2.85. The van der Waals surface area contributed by atoms with E-state index in [4.69, 9.17) is 4.52 Å². The Labute approximate surface area is 114 Å².